The fourth-order valence-corrected chi connectivity index (χ4v) is 0.893. The first-order chi connectivity index (χ1) is 7.59. The molecule has 1 rings (SSSR count). The highest BCUT2D eigenvalue weighted by molar-refractivity contribution is 5.74. The van der Waals surface area contributed by atoms with E-state index in [1.807, 2.05) is 0 Å². The van der Waals surface area contributed by atoms with E-state index >= 15 is 0 Å². The van der Waals surface area contributed by atoms with Crippen molar-refractivity contribution in [2.24, 2.45) is 11.5 Å². The molecule has 1 amide bonds. The van der Waals surface area contributed by atoms with Gasteiger partial charge in [0.1, 0.15) is 6.61 Å². The zero-order valence-corrected chi connectivity index (χ0v) is 8.97. The van der Waals surface area contributed by atoms with E-state index in [1.54, 1.807) is 6.92 Å². The first kappa shape index (κ1) is 12.4. The van der Waals surface area contributed by atoms with Gasteiger partial charge in [0.25, 0.3) is 0 Å². The van der Waals surface area contributed by atoms with Gasteiger partial charge in [0, 0.05) is 6.54 Å². The number of carbonyl (C=O) groups is 1. The van der Waals surface area contributed by atoms with Crippen molar-refractivity contribution in [3.63, 3.8) is 0 Å². The molecule has 0 fully saturated rings. The summed E-state index contributed by atoms with van der Waals surface area (Å²) >= 11 is 0. The summed E-state index contributed by atoms with van der Waals surface area (Å²) < 4.78 is 10.1. The van der Waals surface area contributed by atoms with Crippen LogP contribution in [-0.2, 0) is 9.53 Å². The lowest BCUT2D eigenvalue weighted by atomic mass is 10.4. The highest BCUT2D eigenvalue weighted by atomic mass is 16.5. The maximum atomic E-state index is 10.3. The largest absolute Gasteiger partial charge is 0.406 e. The molecule has 0 spiro atoms. The van der Waals surface area contributed by atoms with E-state index in [0.29, 0.717) is 19.0 Å². The van der Waals surface area contributed by atoms with Crippen molar-refractivity contribution in [2.45, 2.75) is 13.0 Å². The van der Waals surface area contributed by atoms with E-state index in [0.717, 1.165) is 0 Å². The predicted octanol–water partition coefficient (Wildman–Crippen LogP) is -0.997. The van der Waals surface area contributed by atoms with Gasteiger partial charge in [-0.25, -0.2) is 0 Å². The summed E-state index contributed by atoms with van der Waals surface area (Å²) in [5.41, 5.74) is 10.4. The SMILES string of the molecule is CC(N)c1nnc(NCCOCC(N)=O)o1. The molecule has 0 aliphatic rings. The summed E-state index contributed by atoms with van der Waals surface area (Å²) in [6, 6.07) is -0.0239. The molecule has 0 aromatic carbocycles. The number of nitrogens with one attached hydrogen (secondary N) is 1. The van der Waals surface area contributed by atoms with Crippen LogP contribution in [0.15, 0.2) is 4.42 Å². The third kappa shape index (κ3) is 4.24. The van der Waals surface area contributed by atoms with Gasteiger partial charge in [0.05, 0.1) is 12.6 Å². The van der Waals surface area contributed by atoms with Crippen molar-refractivity contribution in [1.29, 1.82) is 0 Å². The molecule has 0 aliphatic heterocycles. The maximum absolute atomic E-state index is 10.3. The first-order valence-corrected chi connectivity index (χ1v) is 4.78. The van der Waals surface area contributed by atoms with E-state index in [2.05, 4.69) is 15.5 Å². The number of nitrogens with two attached hydrogens (primary N) is 2. The van der Waals surface area contributed by atoms with Crippen LogP contribution in [0.5, 0.6) is 0 Å². The number of nitrogens with zero attached hydrogens (tertiary/aromatic N) is 2. The molecule has 0 radical (unpaired) electrons. The molecule has 0 saturated heterocycles. The highest BCUT2D eigenvalue weighted by Crippen LogP contribution is 2.10. The Hall–Kier alpha value is -1.67. The Balaban J connectivity index is 2.19. The Morgan fingerprint density at radius 1 is 1.62 bits per heavy atom. The van der Waals surface area contributed by atoms with Crippen LogP contribution in [0.4, 0.5) is 6.01 Å². The molecule has 1 unspecified atom stereocenters. The van der Waals surface area contributed by atoms with Crippen LogP contribution >= 0.6 is 0 Å². The van der Waals surface area contributed by atoms with Crippen molar-refractivity contribution in [3.05, 3.63) is 5.89 Å². The minimum absolute atomic E-state index is 0.101. The van der Waals surface area contributed by atoms with Crippen molar-refractivity contribution in [3.8, 4) is 0 Å². The Morgan fingerprint density at radius 2 is 2.38 bits per heavy atom. The number of aromatic nitrogens is 2. The van der Waals surface area contributed by atoms with Crippen molar-refractivity contribution >= 4 is 11.9 Å². The highest BCUT2D eigenvalue weighted by Gasteiger charge is 2.08. The molecule has 5 N–H and O–H groups in total. The summed E-state index contributed by atoms with van der Waals surface area (Å²) in [5.74, 6) is -0.141. The molecular formula is C8H15N5O3. The fraction of sp³-hybridized carbons (Fsp3) is 0.625. The third-order valence-corrected chi connectivity index (χ3v) is 1.60. The predicted molar refractivity (Wildman–Crippen MR) is 55.4 cm³/mol. The van der Waals surface area contributed by atoms with Crippen LogP contribution in [0, 0.1) is 0 Å². The minimum atomic E-state index is -0.503. The van der Waals surface area contributed by atoms with Crippen LogP contribution in [-0.4, -0.2) is 35.9 Å². The molecule has 0 aliphatic carbocycles. The second kappa shape index (κ2) is 6.03. The fourth-order valence-electron chi connectivity index (χ4n) is 0.893. The van der Waals surface area contributed by atoms with Crippen molar-refractivity contribution < 1.29 is 13.9 Å². The molecule has 1 heterocycles. The monoisotopic (exact) mass is 229 g/mol. The summed E-state index contributed by atoms with van der Waals surface area (Å²) in [7, 11) is 0. The molecule has 0 saturated carbocycles. The van der Waals surface area contributed by atoms with E-state index in [-0.39, 0.29) is 18.7 Å². The molecule has 8 heteroatoms. The quantitative estimate of drug-likeness (QED) is 0.511. The third-order valence-electron chi connectivity index (χ3n) is 1.60. The van der Waals surface area contributed by atoms with Crippen LogP contribution in [0.25, 0.3) is 0 Å². The molecule has 16 heavy (non-hydrogen) atoms. The molecule has 8 nitrogen and oxygen atoms in total. The van der Waals surface area contributed by atoms with E-state index < -0.39 is 5.91 Å². The number of carbonyl (C=O) groups excluding carboxylic acids is 1. The lowest BCUT2D eigenvalue weighted by Crippen LogP contribution is -2.20. The van der Waals surface area contributed by atoms with Gasteiger partial charge < -0.3 is 25.9 Å². The Morgan fingerprint density at radius 3 is 2.94 bits per heavy atom. The topological polar surface area (TPSA) is 129 Å². The lowest BCUT2D eigenvalue weighted by Gasteiger charge is -2.01. The standard InChI is InChI=1S/C8H15N5O3/c1-5(9)7-12-13-8(16-7)11-2-3-15-4-6(10)14/h5H,2-4,9H2,1H3,(H2,10,14)(H,11,13). The van der Waals surface area contributed by atoms with Crippen LogP contribution < -0.4 is 16.8 Å². The maximum Gasteiger partial charge on any atom is 0.315 e. The smallest absolute Gasteiger partial charge is 0.315 e. The number of ether oxygens (including phenoxy) is 1. The molecule has 1 aromatic heterocycles. The van der Waals surface area contributed by atoms with E-state index in [9.17, 15) is 4.79 Å². The normalized spacial score (nSPS) is 12.4. The number of hydrogen-bond donors (Lipinski definition) is 3. The average Bonchev–Trinajstić information content (AvgIpc) is 2.65. The molecule has 90 valence electrons. The average molecular weight is 229 g/mol. The Bertz CT molecular complexity index is 338. The Labute approximate surface area is 92.3 Å². The van der Waals surface area contributed by atoms with Gasteiger partial charge in [-0.2, -0.15) is 0 Å². The van der Waals surface area contributed by atoms with Crippen LogP contribution in [0.1, 0.15) is 18.9 Å². The summed E-state index contributed by atoms with van der Waals surface area (Å²) in [6.07, 6.45) is 0. The van der Waals surface area contributed by atoms with Gasteiger partial charge in [-0.1, -0.05) is 5.10 Å². The van der Waals surface area contributed by atoms with Crippen molar-refractivity contribution in [1.82, 2.24) is 10.2 Å². The zero-order chi connectivity index (χ0) is 12.0. The molecular weight excluding hydrogens is 214 g/mol. The second-order valence-electron chi connectivity index (χ2n) is 3.18. The minimum Gasteiger partial charge on any atom is -0.406 e. The first-order valence-electron chi connectivity index (χ1n) is 4.78. The number of primary amides is 1. The number of anilines is 1. The van der Waals surface area contributed by atoms with E-state index in [1.165, 1.54) is 0 Å². The number of amides is 1. The van der Waals surface area contributed by atoms with Gasteiger partial charge >= 0.3 is 6.01 Å². The van der Waals surface area contributed by atoms with Gasteiger partial charge in [0.15, 0.2) is 0 Å². The zero-order valence-electron chi connectivity index (χ0n) is 8.97. The van der Waals surface area contributed by atoms with Crippen molar-refractivity contribution in [2.75, 3.05) is 25.1 Å². The van der Waals surface area contributed by atoms with Gasteiger partial charge in [-0.3, -0.25) is 4.79 Å². The summed E-state index contributed by atoms with van der Waals surface area (Å²) in [4.78, 5) is 10.3. The molecule has 1 aromatic rings. The lowest BCUT2D eigenvalue weighted by molar-refractivity contribution is -0.122. The summed E-state index contributed by atoms with van der Waals surface area (Å²) in [6.45, 7) is 2.40. The van der Waals surface area contributed by atoms with Crippen LogP contribution in [0.3, 0.4) is 0 Å². The molecule has 1 atom stereocenters. The number of hydrogen-bond acceptors (Lipinski definition) is 7. The summed E-state index contributed by atoms with van der Waals surface area (Å²) in [5, 5.41) is 10.3. The Kier molecular flexibility index (Phi) is 4.67. The van der Waals surface area contributed by atoms with Gasteiger partial charge in [-0.05, 0) is 6.92 Å². The van der Waals surface area contributed by atoms with Gasteiger partial charge in [0.2, 0.25) is 11.8 Å². The van der Waals surface area contributed by atoms with Crippen LogP contribution in [0.2, 0.25) is 0 Å². The molecule has 0 bridgehead atoms. The van der Waals surface area contributed by atoms with E-state index in [4.69, 9.17) is 20.6 Å². The number of rotatable bonds is 7. The second-order valence-corrected chi connectivity index (χ2v) is 3.18. The van der Waals surface area contributed by atoms with Gasteiger partial charge in [-0.15, -0.1) is 5.10 Å².